The highest BCUT2D eigenvalue weighted by Gasteiger charge is 2.32. The first-order valence-corrected chi connectivity index (χ1v) is 7.34. The molecule has 1 aliphatic rings. The van der Waals surface area contributed by atoms with Crippen LogP contribution in [0.1, 0.15) is 32.6 Å². The summed E-state index contributed by atoms with van der Waals surface area (Å²) >= 11 is 0. The van der Waals surface area contributed by atoms with Crippen LogP contribution in [0.15, 0.2) is 30.3 Å². The van der Waals surface area contributed by atoms with E-state index in [4.69, 9.17) is 5.73 Å². The summed E-state index contributed by atoms with van der Waals surface area (Å²) in [5.41, 5.74) is 6.84. The second-order valence-electron chi connectivity index (χ2n) is 5.30. The monoisotopic (exact) mass is 260 g/mol. The maximum absolute atomic E-state index is 12.8. The number of para-hydroxylation sites is 1. The molecule has 2 rings (SSSR count). The van der Waals surface area contributed by atoms with Crippen LogP contribution in [0.5, 0.6) is 0 Å². The number of carbonyl (C=O) groups excluding carboxylic acids is 1. The summed E-state index contributed by atoms with van der Waals surface area (Å²) in [5, 5.41) is 0. The first-order chi connectivity index (χ1) is 9.27. The Hall–Kier alpha value is -1.35. The number of amides is 1. The van der Waals surface area contributed by atoms with Crippen LogP contribution in [0, 0.1) is 11.8 Å². The SMILES string of the molecule is CCN(C(=O)C1CCCCC1CN)c1ccccc1. The van der Waals surface area contributed by atoms with E-state index in [0.29, 0.717) is 12.5 Å². The molecule has 0 heterocycles. The summed E-state index contributed by atoms with van der Waals surface area (Å²) in [6.45, 7) is 3.38. The number of nitrogens with zero attached hydrogens (tertiary/aromatic N) is 1. The second kappa shape index (κ2) is 6.71. The van der Waals surface area contributed by atoms with Crippen molar-refractivity contribution in [2.75, 3.05) is 18.0 Å². The summed E-state index contributed by atoms with van der Waals surface area (Å²) in [6, 6.07) is 9.94. The Morgan fingerprint density at radius 1 is 1.26 bits per heavy atom. The van der Waals surface area contributed by atoms with E-state index in [2.05, 4.69) is 0 Å². The minimum atomic E-state index is 0.110. The molecule has 1 saturated carbocycles. The van der Waals surface area contributed by atoms with Crippen LogP contribution in [-0.2, 0) is 4.79 Å². The van der Waals surface area contributed by atoms with Gasteiger partial charge in [0.2, 0.25) is 5.91 Å². The van der Waals surface area contributed by atoms with E-state index < -0.39 is 0 Å². The van der Waals surface area contributed by atoms with Gasteiger partial charge in [0, 0.05) is 18.2 Å². The molecule has 0 bridgehead atoms. The number of anilines is 1. The first kappa shape index (κ1) is 14.1. The van der Waals surface area contributed by atoms with Crippen LogP contribution in [0.4, 0.5) is 5.69 Å². The topological polar surface area (TPSA) is 46.3 Å². The van der Waals surface area contributed by atoms with Crippen molar-refractivity contribution in [2.24, 2.45) is 17.6 Å². The van der Waals surface area contributed by atoms with Crippen molar-refractivity contribution in [1.29, 1.82) is 0 Å². The smallest absolute Gasteiger partial charge is 0.230 e. The third kappa shape index (κ3) is 3.16. The summed E-state index contributed by atoms with van der Waals surface area (Å²) in [6.07, 6.45) is 4.45. The molecule has 3 nitrogen and oxygen atoms in total. The first-order valence-electron chi connectivity index (χ1n) is 7.34. The van der Waals surface area contributed by atoms with Crippen molar-refractivity contribution < 1.29 is 4.79 Å². The quantitative estimate of drug-likeness (QED) is 0.905. The van der Waals surface area contributed by atoms with Gasteiger partial charge in [-0.3, -0.25) is 4.79 Å². The summed E-state index contributed by atoms with van der Waals surface area (Å²) in [5.74, 6) is 0.724. The van der Waals surface area contributed by atoms with E-state index in [1.165, 1.54) is 6.42 Å². The molecule has 0 saturated heterocycles. The molecule has 2 unspecified atom stereocenters. The predicted octanol–water partition coefficient (Wildman–Crippen LogP) is 2.80. The molecule has 0 aliphatic heterocycles. The zero-order valence-corrected chi connectivity index (χ0v) is 11.7. The highest BCUT2D eigenvalue weighted by Crippen LogP contribution is 2.32. The third-order valence-corrected chi connectivity index (χ3v) is 4.18. The lowest BCUT2D eigenvalue weighted by atomic mass is 9.78. The Morgan fingerprint density at radius 3 is 2.58 bits per heavy atom. The highest BCUT2D eigenvalue weighted by atomic mass is 16.2. The molecule has 0 radical (unpaired) electrons. The van der Waals surface area contributed by atoms with Crippen molar-refractivity contribution in [3.05, 3.63) is 30.3 Å². The van der Waals surface area contributed by atoms with Crippen molar-refractivity contribution >= 4 is 11.6 Å². The minimum absolute atomic E-state index is 0.110. The molecule has 1 aromatic rings. The number of carbonyl (C=O) groups is 1. The average molecular weight is 260 g/mol. The zero-order chi connectivity index (χ0) is 13.7. The maximum atomic E-state index is 12.8. The van der Waals surface area contributed by atoms with Gasteiger partial charge in [0.1, 0.15) is 0 Å². The molecule has 2 N–H and O–H groups in total. The van der Waals surface area contributed by atoms with Crippen LogP contribution in [0.3, 0.4) is 0 Å². The fraction of sp³-hybridized carbons (Fsp3) is 0.562. The number of hydrogen-bond acceptors (Lipinski definition) is 2. The van der Waals surface area contributed by atoms with Crippen LogP contribution >= 0.6 is 0 Å². The molecule has 3 heteroatoms. The van der Waals surface area contributed by atoms with Gasteiger partial charge in [0.15, 0.2) is 0 Å². The normalized spacial score (nSPS) is 23.1. The lowest BCUT2D eigenvalue weighted by Crippen LogP contribution is -2.42. The zero-order valence-electron chi connectivity index (χ0n) is 11.7. The molecule has 19 heavy (non-hydrogen) atoms. The summed E-state index contributed by atoms with van der Waals surface area (Å²) in [7, 11) is 0. The highest BCUT2D eigenvalue weighted by molar-refractivity contribution is 5.95. The fourth-order valence-corrected chi connectivity index (χ4v) is 3.09. The van der Waals surface area contributed by atoms with Gasteiger partial charge in [-0.05, 0) is 44.4 Å². The Labute approximate surface area is 115 Å². The van der Waals surface area contributed by atoms with E-state index >= 15 is 0 Å². The van der Waals surface area contributed by atoms with E-state index in [-0.39, 0.29) is 11.8 Å². The second-order valence-corrected chi connectivity index (χ2v) is 5.30. The molecule has 1 amide bonds. The predicted molar refractivity (Wildman–Crippen MR) is 79.0 cm³/mol. The molecule has 2 atom stereocenters. The van der Waals surface area contributed by atoms with Crippen LogP contribution in [0.25, 0.3) is 0 Å². The molecule has 1 aromatic carbocycles. The fourth-order valence-electron chi connectivity index (χ4n) is 3.09. The molecule has 104 valence electrons. The summed E-state index contributed by atoms with van der Waals surface area (Å²) < 4.78 is 0. The Balaban J connectivity index is 2.16. The number of nitrogens with two attached hydrogens (primary N) is 1. The van der Waals surface area contributed by atoms with Crippen molar-refractivity contribution in [3.63, 3.8) is 0 Å². The van der Waals surface area contributed by atoms with E-state index in [0.717, 1.165) is 31.5 Å². The van der Waals surface area contributed by atoms with Gasteiger partial charge in [-0.1, -0.05) is 31.0 Å². The largest absolute Gasteiger partial charge is 0.330 e. The molecular weight excluding hydrogens is 236 g/mol. The van der Waals surface area contributed by atoms with Crippen molar-refractivity contribution in [2.45, 2.75) is 32.6 Å². The van der Waals surface area contributed by atoms with Crippen LogP contribution in [0.2, 0.25) is 0 Å². The van der Waals surface area contributed by atoms with Gasteiger partial charge in [0.05, 0.1) is 0 Å². The number of benzene rings is 1. The van der Waals surface area contributed by atoms with Gasteiger partial charge < -0.3 is 10.6 Å². The molecule has 0 aromatic heterocycles. The van der Waals surface area contributed by atoms with Gasteiger partial charge in [-0.2, -0.15) is 0 Å². The minimum Gasteiger partial charge on any atom is -0.330 e. The number of hydrogen-bond donors (Lipinski definition) is 1. The lowest BCUT2D eigenvalue weighted by Gasteiger charge is -2.33. The van der Waals surface area contributed by atoms with E-state index in [9.17, 15) is 4.79 Å². The van der Waals surface area contributed by atoms with Crippen molar-refractivity contribution in [3.8, 4) is 0 Å². The van der Waals surface area contributed by atoms with Crippen LogP contribution < -0.4 is 10.6 Å². The Morgan fingerprint density at radius 2 is 1.95 bits per heavy atom. The van der Waals surface area contributed by atoms with Gasteiger partial charge >= 0.3 is 0 Å². The lowest BCUT2D eigenvalue weighted by molar-refractivity contribution is -0.124. The average Bonchev–Trinajstić information content (AvgIpc) is 2.49. The molecule has 1 fully saturated rings. The van der Waals surface area contributed by atoms with Gasteiger partial charge in [-0.15, -0.1) is 0 Å². The van der Waals surface area contributed by atoms with Gasteiger partial charge in [-0.25, -0.2) is 0 Å². The Bertz CT molecular complexity index is 404. The molecule has 0 spiro atoms. The van der Waals surface area contributed by atoms with Crippen LogP contribution in [-0.4, -0.2) is 19.0 Å². The standard InChI is InChI=1S/C16H24N2O/c1-2-18(14-9-4-3-5-10-14)16(19)15-11-7-6-8-13(15)12-17/h3-5,9-10,13,15H,2,6-8,11-12,17H2,1H3. The van der Waals surface area contributed by atoms with Gasteiger partial charge in [0.25, 0.3) is 0 Å². The number of rotatable bonds is 4. The Kier molecular flexibility index (Phi) is 4.97. The summed E-state index contributed by atoms with van der Waals surface area (Å²) in [4.78, 5) is 14.7. The van der Waals surface area contributed by atoms with E-state index in [1.807, 2.05) is 42.2 Å². The van der Waals surface area contributed by atoms with Crippen molar-refractivity contribution in [1.82, 2.24) is 0 Å². The third-order valence-electron chi connectivity index (χ3n) is 4.18. The van der Waals surface area contributed by atoms with E-state index in [1.54, 1.807) is 0 Å². The molecular formula is C16H24N2O. The maximum Gasteiger partial charge on any atom is 0.230 e. The molecule has 1 aliphatic carbocycles.